The van der Waals surface area contributed by atoms with Gasteiger partial charge in [-0.2, -0.15) is 5.10 Å². The number of hydrogen-bond acceptors (Lipinski definition) is 6. The third-order valence-corrected chi connectivity index (χ3v) is 4.64. The maximum absolute atomic E-state index is 12.7. The number of carbonyl (C=O) groups is 2. The second-order valence-corrected chi connectivity index (χ2v) is 6.24. The van der Waals surface area contributed by atoms with Crippen molar-refractivity contribution in [1.82, 2.24) is 9.88 Å². The summed E-state index contributed by atoms with van der Waals surface area (Å²) in [7, 11) is 1.49. The lowest BCUT2D eigenvalue weighted by Gasteiger charge is -2.17. The highest BCUT2D eigenvalue weighted by atomic mass is 35.5. The lowest BCUT2D eigenvalue weighted by molar-refractivity contribution is 0.0512. The van der Waals surface area contributed by atoms with E-state index in [1.807, 2.05) is 4.57 Å². The number of rotatable bonds is 5. The van der Waals surface area contributed by atoms with Crippen LogP contribution in [-0.4, -0.2) is 36.5 Å². The SMILES string of the molecule is COCOc1cc2c3c(cc(C(=O)NC=NN)n3CCCCC2=O)c1Cl. The van der Waals surface area contributed by atoms with Crippen molar-refractivity contribution in [2.24, 2.45) is 10.9 Å². The second-order valence-electron chi connectivity index (χ2n) is 5.86. The number of carbonyl (C=O) groups excluding carboxylic acids is 2. The number of ether oxygens (including phenoxy) is 2. The summed E-state index contributed by atoms with van der Waals surface area (Å²) >= 11 is 6.48. The van der Waals surface area contributed by atoms with E-state index in [1.54, 1.807) is 12.1 Å². The fourth-order valence-corrected chi connectivity index (χ4v) is 3.38. The molecular weight excluding hydrogens is 360 g/mol. The normalized spacial score (nSPS) is 14.5. The van der Waals surface area contributed by atoms with Crippen molar-refractivity contribution in [1.29, 1.82) is 0 Å². The van der Waals surface area contributed by atoms with E-state index in [0.717, 1.165) is 19.2 Å². The fraction of sp³-hybridized carbons (Fsp3) is 0.353. The molecule has 0 saturated carbocycles. The number of hydrazone groups is 1. The van der Waals surface area contributed by atoms with Gasteiger partial charge in [-0.05, 0) is 25.0 Å². The van der Waals surface area contributed by atoms with Gasteiger partial charge in [0.05, 0.1) is 10.5 Å². The van der Waals surface area contributed by atoms with Crippen LogP contribution in [0.1, 0.15) is 40.1 Å². The van der Waals surface area contributed by atoms with Crippen molar-refractivity contribution in [2.75, 3.05) is 13.9 Å². The van der Waals surface area contributed by atoms with Gasteiger partial charge in [-0.25, -0.2) is 0 Å². The zero-order chi connectivity index (χ0) is 18.7. The number of benzene rings is 1. The summed E-state index contributed by atoms with van der Waals surface area (Å²) in [5.41, 5.74) is 1.50. The Balaban J connectivity index is 2.24. The molecule has 1 aromatic heterocycles. The molecule has 3 rings (SSSR count). The number of aryl methyl sites for hydroxylation is 1. The number of nitrogens with zero attached hydrogens (tertiary/aromatic N) is 2. The quantitative estimate of drug-likeness (QED) is 0.273. The number of amides is 1. The van der Waals surface area contributed by atoms with Crippen molar-refractivity contribution < 1.29 is 19.1 Å². The Hall–Kier alpha value is -2.58. The summed E-state index contributed by atoms with van der Waals surface area (Å²) in [4.78, 5) is 25.1. The van der Waals surface area contributed by atoms with Crippen molar-refractivity contribution in [2.45, 2.75) is 25.8 Å². The van der Waals surface area contributed by atoms with Crippen LogP contribution in [0.3, 0.4) is 0 Å². The molecule has 0 radical (unpaired) electrons. The zero-order valence-electron chi connectivity index (χ0n) is 14.3. The molecule has 2 aromatic rings. The molecule has 1 aromatic carbocycles. The first kappa shape index (κ1) is 18.2. The molecule has 0 spiro atoms. The van der Waals surface area contributed by atoms with Crippen LogP contribution in [0, 0.1) is 0 Å². The Labute approximate surface area is 154 Å². The average molecular weight is 379 g/mol. The number of nitrogens with one attached hydrogen (secondary N) is 1. The number of Topliss-reactive ketones (excluding diaryl/α,β-unsaturated/α-hetero) is 1. The highest BCUT2D eigenvalue weighted by Gasteiger charge is 2.25. The lowest BCUT2D eigenvalue weighted by Crippen LogP contribution is -2.25. The Morgan fingerprint density at radius 2 is 2.27 bits per heavy atom. The topological polar surface area (TPSA) is 108 Å². The van der Waals surface area contributed by atoms with Crippen molar-refractivity contribution in [3.05, 3.63) is 28.4 Å². The third-order valence-electron chi connectivity index (χ3n) is 4.25. The molecular formula is C17H19ClN4O4. The Morgan fingerprint density at radius 1 is 1.46 bits per heavy atom. The van der Waals surface area contributed by atoms with E-state index in [-0.39, 0.29) is 18.5 Å². The maximum Gasteiger partial charge on any atom is 0.273 e. The van der Waals surface area contributed by atoms with Gasteiger partial charge in [-0.3, -0.25) is 9.59 Å². The number of nitrogens with two attached hydrogens (primary N) is 1. The number of aromatic nitrogens is 1. The predicted octanol–water partition coefficient (Wildman–Crippen LogP) is 2.28. The molecule has 2 heterocycles. The first-order valence-electron chi connectivity index (χ1n) is 8.11. The predicted molar refractivity (Wildman–Crippen MR) is 97.8 cm³/mol. The van der Waals surface area contributed by atoms with E-state index >= 15 is 0 Å². The molecule has 0 saturated heterocycles. The fourth-order valence-electron chi connectivity index (χ4n) is 3.12. The summed E-state index contributed by atoms with van der Waals surface area (Å²) < 4.78 is 12.2. The second kappa shape index (κ2) is 7.76. The Morgan fingerprint density at radius 3 is 3.00 bits per heavy atom. The van der Waals surface area contributed by atoms with Crippen LogP contribution in [0.25, 0.3) is 10.9 Å². The van der Waals surface area contributed by atoms with Gasteiger partial charge in [0.1, 0.15) is 17.8 Å². The molecule has 26 heavy (non-hydrogen) atoms. The monoisotopic (exact) mass is 378 g/mol. The smallest absolute Gasteiger partial charge is 0.273 e. The molecule has 1 amide bonds. The van der Waals surface area contributed by atoms with Gasteiger partial charge in [0.15, 0.2) is 12.6 Å². The molecule has 9 heteroatoms. The first-order valence-corrected chi connectivity index (χ1v) is 8.49. The molecule has 1 aliphatic rings. The molecule has 3 N–H and O–H groups in total. The van der Waals surface area contributed by atoms with Gasteiger partial charge >= 0.3 is 0 Å². The van der Waals surface area contributed by atoms with E-state index in [1.165, 1.54) is 7.11 Å². The summed E-state index contributed by atoms with van der Waals surface area (Å²) in [5, 5.41) is 6.67. The van der Waals surface area contributed by atoms with Crippen molar-refractivity contribution >= 4 is 40.5 Å². The highest BCUT2D eigenvalue weighted by molar-refractivity contribution is 6.38. The standard InChI is InChI=1S/C17H19ClN4O4/c1-25-9-26-14-7-10-13(23)4-2-3-5-22-12(17(24)20-8-21-19)6-11(15(14)18)16(10)22/h6-8H,2-5,9,19H2,1H3,(H,20,21,24). The maximum atomic E-state index is 12.7. The van der Waals surface area contributed by atoms with E-state index in [0.29, 0.717) is 45.9 Å². The molecule has 0 bridgehead atoms. The van der Waals surface area contributed by atoms with Crippen LogP contribution in [-0.2, 0) is 11.3 Å². The Bertz CT molecular complexity index is 891. The van der Waals surface area contributed by atoms with Crippen LogP contribution in [0.4, 0.5) is 0 Å². The molecule has 1 aliphatic heterocycles. The molecule has 0 atom stereocenters. The first-order chi connectivity index (χ1) is 12.6. The largest absolute Gasteiger partial charge is 0.466 e. The van der Waals surface area contributed by atoms with Crippen LogP contribution in [0.2, 0.25) is 5.02 Å². The van der Waals surface area contributed by atoms with Crippen molar-refractivity contribution in [3.63, 3.8) is 0 Å². The molecule has 0 aliphatic carbocycles. The van der Waals surface area contributed by atoms with Gasteiger partial charge in [-0.1, -0.05) is 11.6 Å². The molecule has 0 unspecified atom stereocenters. The lowest BCUT2D eigenvalue weighted by atomic mass is 10.0. The van der Waals surface area contributed by atoms with Gasteiger partial charge in [0.25, 0.3) is 5.91 Å². The van der Waals surface area contributed by atoms with Crippen LogP contribution < -0.4 is 15.9 Å². The summed E-state index contributed by atoms with van der Waals surface area (Å²) in [6, 6.07) is 3.27. The van der Waals surface area contributed by atoms with E-state index in [9.17, 15) is 9.59 Å². The molecule has 8 nitrogen and oxygen atoms in total. The van der Waals surface area contributed by atoms with Gasteiger partial charge in [0, 0.05) is 31.0 Å². The average Bonchev–Trinajstić information content (AvgIpc) is 3.01. The van der Waals surface area contributed by atoms with Gasteiger partial charge in [0.2, 0.25) is 0 Å². The van der Waals surface area contributed by atoms with Crippen molar-refractivity contribution in [3.8, 4) is 5.75 Å². The van der Waals surface area contributed by atoms with Gasteiger partial charge < -0.3 is 25.2 Å². The zero-order valence-corrected chi connectivity index (χ0v) is 15.0. The summed E-state index contributed by atoms with van der Waals surface area (Å²) in [6.07, 6.45) is 3.06. The van der Waals surface area contributed by atoms with Crippen LogP contribution in [0.15, 0.2) is 17.2 Å². The number of hydrogen-bond donors (Lipinski definition) is 2. The number of methoxy groups -OCH3 is 1. The highest BCUT2D eigenvalue weighted by Crippen LogP contribution is 2.39. The Kier molecular flexibility index (Phi) is 5.43. The van der Waals surface area contributed by atoms with E-state index in [2.05, 4.69) is 10.4 Å². The van der Waals surface area contributed by atoms with E-state index < -0.39 is 0 Å². The number of halogens is 1. The molecule has 0 fully saturated rings. The minimum atomic E-state index is -0.384. The summed E-state index contributed by atoms with van der Waals surface area (Å²) in [6.45, 7) is 0.598. The number of ketones is 1. The van der Waals surface area contributed by atoms with Gasteiger partial charge in [-0.15, -0.1) is 0 Å². The summed E-state index contributed by atoms with van der Waals surface area (Å²) in [5.74, 6) is 4.99. The third kappa shape index (κ3) is 3.25. The minimum absolute atomic E-state index is 0.000126. The van der Waals surface area contributed by atoms with E-state index in [4.69, 9.17) is 26.9 Å². The van der Waals surface area contributed by atoms with Crippen LogP contribution >= 0.6 is 11.6 Å². The molecule has 138 valence electrons. The van der Waals surface area contributed by atoms with Crippen LogP contribution in [0.5, 0.6) is 5.75 Å². The minimum Gasteiger partial charge on any atom is -0.466 e.